The predicted octanol–water partition coefficient (Wildman–Crippen LogP) is 2.60. The number of allylic oxidation sites excluding steroid dienone is 2. The predicted molar refractivity (Wildman–Crippen MR) is 141 cm³/mol. The van der Waals surface area contributed by atoms with Gasteiger partial charge in [-0.05, 0) is 69.6 Å². The molecule has 10 heteroatoms. The molecular weight excluding hydrogens is 506 g/mol. The SMILES string of the molecule is CC[C@@H]1C[C@H]2C(=O)C[C@]3(C(=O)NS(=O)(=O)C4CC4)C[C@H]3/C=C\CCCCC[C@H](NC(=O)C3CC3)C(=O)N2C1. The van der Waals surface area contributed by atoms with Crippen LogP contribution in [0.5, 0.6) is 0 Å². The summed E-state index contributed by atoms with van der Waals surface area (Å²) in [5, 5.41) is 2.46. The first-order chi connectivity index (χ1) is 18.1. The summed E-state index contributed by atoms with van der Waals surface area (Å²) in [6.07, 6.45) is 12.5. The summed E-state index contributed by atoms with van der Waals surface area (Å²) >= 11 is 0. The largest absolute Gasteiger partial charge is 0.344 e. The molecule has 0 aromatic carbocycles. The van der Waals surface area contributed by atoms with Crippen molar-refractivity contribution in [2.24, 2.45) is 23.2 Å². The van der Waals surface area contributed by atoms with E-state index in [1.807, 2.05) is 19.1 Å². The summed E-state index contributed by atoms with van der Waals surface area (Å²) in [7, 11) is -3.73. The number of carbonyl (C=O) groups is 4. The van der Waals surface area contributed by atoms with Crippen molar-refractivity contribution in [3.8, 4) is 0 Å². The number of sulfonamides is 1. The number of Topliss-reactive ketones (excluding diaryl/α,β-unsaturated/α-hetero) is 1. The van der Waals surface area contributed by atoms with Gasteiger partial charge in [-0.3, -0.25) is 23.9 Å². The highest BCUT2D eigenvalue weighted by atomic mass is 32.2. The highest BCUT2D eigenvalue weighted by Crippen LogP contribution is 2.57. The highest BCUT2D eigenvalue weighted by molar-refractivity contribution is 7.90. The van der Waals surface area contributed by atoms with E-state index in [0.717, 1.165) is 44.9 Å². The molecule has 1 saturated heterocycles. The smallest absolute Gasteiger partial charge is 0.245 e. The molecule has 0 unspecified atom stereocenters. The van der Waals surface area contributed by atoms with Gasteiger partial charge in [0.15, 0.2) is 5.78 Å². The molecule has 3 saturated carbocycles. The standard InChI is InChI=1S/C28H41N3O6S/c1-2-18-14-23-24(32)16-28(27(35)30-38(36,37)21-12-13-21)15-20(28)8-6-4-3-5-7-9-22(26(34)31(23)17-18)29-25(33)19-10-11-19/h6,8,18-23H,2-5,7,9-17H2,1H3,(H,29,33)(H,30,35)/b8-6-/t18-,20-,22+,23+,28-/m1/s1. The van der Waals surface area contributed by atoms with Crippen LogP contribution >= 0.6 is 0 Å². The Labute approximate surface area is 225 Å². The molecule has 38 heavy (non-hydrogen) atoms. The van der Waals surface area contributed by atoms with Crippen LogP contribution in [0.2, 0.25) is 0 Å². The van der Waals surface area contributed by atoms with Gasteiger partial charge in [0.25, 0.3) is 0 Å². The van der Waals surface area contributed by atoms with Crippen LogP contribution in [0.3, 0.4) is 0 Å². The summed E-state index contributed by atoms with van der Waals surface area (Å²) in [5.74, 6) is -1.10. The van der Waals surface area contributed by atoms with Gasteiger partial charge in [0, 0.05) is 18.9 Å². The summed E-state index contributed by atoms with van der Waals surface area (Å²) in [5.41, 5.74) is -1.09. The number of carbonyl (C=O) groups excluding carboxylic acids is 4. The van der Waals surface area contributed by atoms with Crippen LogP contribution in [0.1, 0.15) is 90.4 Å². The third-order valence-electron chi connectivity index (χ3n) is 9.19. The van der Waals surface area contributed by atoms with Gasteiger partial charge in [-0.15, -0.1) is 0 Å². The van der Waals surface area contributed by atoms with Crippen molar-refractivity contribution in [2.45, 2.75) is 108 Å². The Balaban J connectivity index is 1.39. The maximum absolute atomic E-state index is 13.8. The molecule has 2 N–H and O–H groups in total. The fourth-order valence-corrected chi connectivity index (χ4v) is 7.54. The first kappa shape index (κ1) is 27.3. The van der Waals surface area contributed by atoms with Crippen molar-refractivity contribution in [3.63, 3.8) is 0 Å². The number of hydrogen-bond acceptors (Lipinski definition) is 6. The molecule has 3 aliphatic carbocycles. The molecule has 5 atom stereocenters. The minimum absolute atomic E-state index is 0.0129. The third-order valence-corrected chi connectivity index (χ3v) is 11.0. The first-order valence-electron chi connectivity index (χ1n) is 14.5. The molecule has 2 aliphatic heterocycles. The van der Waals surface area contributed by atoms with Gasteiger partial charge in [0.1, 0.15) is 6.04 Å². The Kier molecular flexibility index (Phi) is 7.73. The molecule has 0 aromatic heterocycles. The lowest BCUT2D eigenvalue weighted by molar-refractivity contribution is -0.142. The quantitative estimate of drug-likeness (QED) is 0.492. The number of nitrogens with one attached hydrogen (secondary N) is 2. The summed E-state index contributed by atoms with van der Waals surface area (Å²) < 4.78 is 27.4. The first-order valence-corrected chi connectivity index (χ1v) is 16.1. The average Bonchev–Trinajstić information content (AvgIpc) is 3.74. The molecular formula is C28H41N3O6S. The van der Waals surface area contributed by atoms with Gasteiger partial charge in [-0.2, -0.15) is 0 Å². The number of hydrogen-bond donors (Lipinski definition) is 2. The fourth-order valence-electron chi connectivity index (χ4n) is 6.16. The second-order valence-electron chi connectivity index (χ2n) is 12.2. The number of nitrogens with zero attached hydrogens (tertiary/aromatic N) is 1. The van der Waals surface area contributed by atoms with Crippen molar-refractivity contribution < 1.29 is 27.6 Å². The summed E-state index contributed by atoms with van der Waals surface area (Å²) in [4.78, 5) is 55.2. The van der Waals surface area contributed by atoms with Crippen LogP contribution < -0.4 is 10.0 Å². The maximum Gasteiger partial charge on any atom is 0.245 e. The van der Waals surface area contributed by atoms with E-state index in [-0.39, 0.29) is 41.8 Å². The van der Waals surface area contributed by atoms with Crippen LogP contribution in [-0.2, 0) is 29.2 Å². The van der Waals surface area contributed by atoms with Gasteiger partial charge < -0.3 is 10.2 Å². The molecule has 5 rings (SSSR count). The second kappa shape index (κ2) is 10.7. The summed E-state index contributed by atoms with van der Waals surface area (Å²) in [6, 6.07) is -1.31. The van der Waals surface area contributed by atoms with E-state index >= 15 is 0 Å². The van der Waals surface area contributed by atoms with Gasteiger partial charge in [0.2, 0.25) is 27.7 Å². The van der Waals surface area contributed by atoms with Crippen molar-refractivity contribution in [1.29, 1.82) is 0 Å². The molecule has 0 aromatic rings. The van der Waals surface area contributed by atoms with E-state index in [1.165, 1.54) is 0 Å². The normalized spacial score (nSPS) is 35.3. The topological polar surface area (TPSA) is 130 Å². The Morgan fingerprint density at radius 1 is 1.08 bits per heavy atom. The minimum atomic E-state index is -3.73. The average molecular weight is 548 g/mol. The third kappa shape index (κ3) is 5.84. The van der Waals surface area contributed by atoms with Gasteiger partial charge in [0.05, 0.1) is 16.7 Å². The summed E-state index contributed by atoms with van der Waals surface area (Å²) in [6.45, 7) is 2.50. The van der Waals surface area contributed by atoms with Crippen LogP contribution in [0.15, 0.2) is 12.2 Å². The van der Waals surface area contributed by atoms with Crippen LogP contribution in [0.4, 0.5) is 0 Å². The maximum atomic E-state index is 13.8. The Hall–Kier alpha value is -2.23. The van der Waals surface area contributed by atoms with Crippen molar-refractivity contribution in [1.82, 2.24) is 14.9 Å². The molecule has 0 bridgehead atoms. The molecule has 0 spiro atoms. The lowest BCUT2D eigenvalue weighted by atomic mass is 9.90. The van der Waals surface area contributed by atoms with Crippen molar-refractivity contribution in [2.75, 3.05) is 6.54 Å². The molecule has 4 fully saturated rings. The van der Waals surface area contributed by atoms with Crippen LogP contribution in [0.25, 0.3) is 0 Å². The van der Waals surface area contributed by atoms with Crippen LogP contribution in [0, 0.1) is 23.2 Å². The molecule has 0 radical (unpaired) electrons. The van der Waals surface area contributed by atoms with Crippen molar-refractivity contribution >= 4 is 33.5 Å². The minimum Gasteiger partial charge on any atom is -0.344 e. The second-order valence-corrected chi connectivity index (χ2v) is 14.2. The molecule has 210 valence electrons. The van der Waals surface area contributed by atoms with E-state index in [2.05, 4.69) is 10.0 Å². The van der Waals surface area contributed by atoms with E-state index in [0.29, 0.717) is 38.6 Å². The number of ketones is 1. The lowest BCUT2D eigenvalue weighted by Gasteiger charge is -2.29. The zero-order valence-electron chi connectivity index (χ0n) is 22.3. The monoisotopic (exact) mass is 547 g/mol. The molecule has 2 heterocycles. The highest BCUT2D eigenvalue weighted by Gasteiger charge is 2.61. The Morgan fingerprint density at radius 2 is 1.84 bits per heavy atom. The molecule has 9 nitrogen and oxygen atoms in total. The number of rotatable bonds is 6. The van der Waals surface area contributed by atoms with E-state index in [9.17, 15) is 27.6 Å². The van der Waals surface area contributed by atoms with Gasteiger partial charge in [-0.25, -0.2) is 8.42 Å². The zero-order chi connectivity index (χ0) is 27.1. The van der Waals surface area contributed by atoms with Crippen molar-refractivity contribution in [3.05, 3.63) is 12.2 Å². The number of amides is 3. The van der Waals surface area contributed by atoms with E-state index in [1.54, 1.807) is 4.90 Å². The fraction of sp³-hybridized carbons (Fsp3) is 0.786. The number of fused-ring (bicyclic) bond motifs is 2. The Bertz CT molecular complexity index is 1110. The lowest BCUT2D eigenvalue weighted by Crippen LogP contribution is -2.52. The van der Waals surface area contributed by atoms with E-state index < -0.39 is 38.7 Å². The molecule has 5 aliphatic rings. The van der Waals surface area contributed by atoms with Gasteiger partial charge >= 0.3 is 0 Å². The Morgan fingerprint density at radius 3 is 2.53 bits per heavy atom. The zero-order valence-corrected chi connectivity index (χ0v) is 23.1. The van der Waals surface area contributed by atoms with Gasteiger partial charge in [-0.1, -0.05) is 38.3 Å². The van der Waals surface area contributed by atoms with E-state index in [4.69, 9.17) is 0 Å². The van der Waals surface area contributed by atoms with Crippen LogP contribution in [-0.4, -0.2) is 60.7 Å². The molecule has 3 amide bonds.